The van der Waals surface area contributed by atoms with E-state index in [9.17, 15) is 14.7 Å². The highest BCUT2D eigenvalue weighted by Gasteiger charge is 2.39. The van der Waals surface area contributed by atoms with Gasteiger partial charge in [0.05, 0.1) is 18.6 Å². The van der Waals surface area contributed by atoms with Gasteiger partial charge < -0.3 is 20.1 Å². The summed E-state index contributed by atoms with van der Waals surface area (Å²) in [5.41, 5.74) is 0.223. The molecular formula is C9H11N3O4. The first-order valence-electron chi connectivity index (χ1n) is 4.80. The molecule has 0 aromatic carbocycles. The highest BCUT2D eigenvalue weighted by atomic mass is 16.4. The maximum absolute atomic E-state index is 11.8. The summed E-state index contributed by atoms with van der Waals surface area (Å²) >= 11 is 0. The van der Waals surface area contributed by atoms with Gasteiger partial charge in [0, 0.05) is 13.0 Å². The normalized spacial score (nSPS) is 24.7. The number of carbonyl (C=O) groups excluding carboxylic acids is 1. The summed E-state index contributed by atoms with van der Waals surface area (Å²) in [6, 6.07) is -0.967. The van der Waals surface area contributed by atoms with Crippen molar-refractivity contribution in [2.24, 2.45) is 0 Å². The minimum absolute atomic E-state index is 0.0365. The fourth-order valence-corrected chi connectivity index (χ4v) is 1.80. The molecule has 2 atom stereocenters. The summed E-state index contributed by atoms with van der Waals surface area (Å²) < 4.78 is 0. The van der Waals surface area contributed by atoms with Gasteiger partial charge in [-0.1, -0.05) is 0 Å². The summed E-state index contributed by atoms with van der Waals surface area (Å²) in [6.07, 6.45) is 1.95. The van der Waals surface area contributed by atoms with Crippen LogP contribution < -0.4 is 0 Å². The molecule has 1 amide bonds. The van der Waals surface area contributed by atoms with Crippen LogP contribution in [0.5, 0.6) is 0 Å². The molecule has 0 aliphatic carbocycles. The Morgan fingerprint density at radius 1 is 1.56 bits per heavy atom. The van der Waals surface area contributed by atoms with Crippen molar-refractivity contribution < 1.29 is 19.8 Å². The number of β-amino-alcohol motifs (C(OH)–C–C–N with tert-alkyl or cyclic N) is 1. The van der Waals surface area contributed by atoms with Crippen LogP contribution in [0.1, 0.15) is 16.9 Å². The molecule has 0 unspecified atom stereocenters. The van der Waals surface area contributed by atoms with Gasteiger partial charge in [-0.2, -0.15) is 0 Å². The van der Waals surface area contributed by atoms with Crippen molar-refractivity contribution in [2.75, 3.05) is 6.54 Å². The number of H-pyrrole nitrogens is 1. The number of aliphatic hydroxyl groups excluding tert-OH is 1. The maximum atomic E-state index is 11.8. The lowest BCUT2D eigenvalue weighted by molar-refractivity contribution is -0.141. The molecule has 1 saturated heterocycles. The van der Waals surface area contributed by atoms with Gasteiger partial charge in [0.25, 0.3) is 5.91 Å². The van der Waals surface area contributed by atoms with Crippen molar-refractivity contribution in [1.82, 2.24) is 14.9 Å². The second-order valence-corrected chi connectivity index (χ2v) is 3.67. The average molecular weight is 225 g/mol. The quantitative estimate of drug-likeness (QED) is 0.602. The Morgan fingerprint density at radius 3 is 2.88 bits per heavy atom. The number of aliphatic carboxylic acids is 1. The highest BCUT2D eigenvalue weighted by Crippen LogP contribution is 2.20. The van der Waals surface area contributed by atoms with Gasteiger partial charge >= 0.3 is 5.97 Å². The maximum Gasteiger partial charge on any atom is 0.326 e. The van der Waals surface area contributed by atoms with Crippen LogP contribution in [0.15, 0.2) is 12.5 Å². The number of aromatic nitrogens is 2. The molecule has 2 rings (SSSR count). The second-order valence-electron chi connectivity index (χ2n) is 3.67. The molecule has 1 aliphatic rings. The smallest absolute Gasteiger partial charge is 0.326 e. The number of amides is 1. The molecule has 1 aromatic rings. The van der Waals surface area contributed by atoms with E-state index in [0.717, 1.165) is 4.90 Å². The molecule has 7 nitrogen and oxygen atoms in total. The fraction of sp³-hybridized carbons (Fsp3) is 0.444. The Bertz CT molecular complexity index is 403. The molecule has 0 radical (unpaired) electrons. The van der Waals surface area contributed by atoms with E-state index in [2.05, 4.69) is 9.97 Å². The highest BCUT2D eigenvalue weighted by molar-refractivity contribution is 5.95. The number of aliphatic hydroxyl groups is 1. The van der Waals surface area contributed by atoms with Crippen LogP contribution in [-0.4, -0.2) is 55.6 Å². The Morgan fingerprint density at radius 2 is 2.31 bits per heavy atom. The van der Waals surface area contributed by atoms with Crippen LogP contribution in [0.3, 0.4) is 0 Å². The van der Waals surface area contributed by atoms with E-state index in [1.165, 1.54) is 12.5 Å². The van der Waals surface area contributed by atoms with Gasteiger partial charge in [-0.3, -0.25) is 4.79 Å². The summed E-state index contributed by atoms with van der Waals surface area (Å²) in [4.78, 5) is 30.2. The predicted octanol–water partition coefficient (Wildman–Crippen LogP) is -0.930. The number of nitrogens with zero attached hydrogens (tertiary/aromatic N) is 2. The number of imidazole rings is 1. The van der Waals surface area contributed by atoms with Crippen LogP contribution in [0.4, 0.5) is 0 Å². The minimum atomic E-state index is -1.11. The number of likely N-dealkylation sites (tertiary alicyclic amines) is 1. The molecule has 86 valence electrons. The van der Waals surface area contributed by atoms with Crippen molar-refractivity contribution in [2.45, 2.75) is 18.6 Å². The summed E-state index contributed by atoms with van der Waals surface area (Å²) in [5, 5.41) is 18.3. The van der Waals surface area contributed by atoms with Gasteiger partial charge in [-0.05, 0) is 0 Å². The fourth-order valence-electron chi connectivity index (χ4n) is 1.80. The summed E-state index contributed by atoms with van der Waals surface area (Å²) in [7, 11) is 0. The largest absolute Gasteiger partial charge is 0.480 e. The summed E-state index contributed by atoms with van der Waals surface area (Å²) in [6.45, 7) is 0.0365. The second kappa shape index (κ2) is 3.93. The van der Waals surface area contributed by atoms with Gasteiger partial charge in [0.1, 0.15) is 11.7 Å². The number of hydrogen-bond donors (Lipinski definition) is 3. The predicted molar refractivity (Wildman–Crippen MR) is 51.7 cm³/mol. The topological polar surface area (TPSA) is 107 Å². The molecule has 3 N–H and O–H groups in total. The molecule has 1 aromatic heterocycles. The van der Waals surface area contributed by atoms with Crippen molar-refractivity contribution in [3.63, 3.8) is 0 Å². The van der Waals surface area contributed by atoms with Crippen molar-refractivity contribution >= 4 is 11.9 Å². The molecule has 1 aliphatic heterocycles. The van der Waals surface area contributed by atoms with Gasteiger partial charge in [0.15, 0.2) is 0 Å². The Labute approximate surface area is 90.7 Å². The number of nitrogens with one attached hydrogen (secondary N) is 1. The summed E-state index contributed by atoms with van der Waals surface area (Å²) in [5.74, 6) is -1.56. The molecule has 7 heteroatoms. The minimum Gasteiger partial charge on any atom is -0.480 e. The lowest BCUT2D eigenvalue weighted by Gasteiger charge is -2.19. The van der Waals surface area contributed by atoms with Crippen molar-refractivity contribution in [1.29, 1.82) is 0 Å². The molecule has 1 fully saturated rings. The lowest BCUT2D eigenvalue weighted by Crippen LogP contribution is -2.40. The molecule has 0 spiro atoms. The zero-order valence-electron chi connectivity index (χ0n) is 8.33. The Balaban J connectivity index is 2.20. The van der Waals surface area contributed by atoms with E-state index < -0.39 is 24.0 Å². The third-order valence-electron chi connectivity index (χ3n) is 2.55. The monoisotopic (exact) mass is 225 g/mol. The van der Waals surface area contributed by atoms with Crippen molar-refractivity contribution in [3.8, 4) is 0 Å². The third kappa shape index (κ3) is 1.76. The number of aromatic amines is 1. The zero-order valence-corrected chi connectivity index (χ0v) is 8.33. The van der Waals surface area contributed by atoms with Crippen LogP contribution in [-0.2, 0) is 4.79 Å². The number of carbonyl (C=O) groups is 2. The zero-order chi connectivity index (χ0) is 11.7. The molecule has 0 bridgehead atoms. The van der Waals surface area contributed by atoms with E-state index in [-0.39, 0.29) is 18.7 Å². The van der Waals surface area contributed by atoms with Crippen LogP contribution in [0.25, 0.3) is 0 Å². The van der Waals surface area contributed by atoms with Crippen LogP contribution >= 0.6 is 0 Å². The third-order valence-corrected chi connectivity index (χ3v) is 2.55. The average Bonchev–Trinajstić information content (AvgIpc) is 2.84. The molecule has 16 heavy (non-hydrogen) atoms. The van der Waals surface area contributed by atoms with Crippen molar-refractivity contribution in [3.05, 3.63) is 18.2 Å². The van der Waals surface area contributed by atoms with Crippen LogP contribution in [0.2, 0.25) is 0 Å². The standard InChI is InChI=1S/C9H11N3O4/c13-5-1-7(9(15)16)12(3-5)8(14)6-2-10-4-11-6/h2,4-5,7,13H,1,3H2,(H,10,11)(H,15,16)/t5-,7+/m1/s1. The Kier molecular flexibility index (Phi) is 2.61. The SMILES string of the molecule is O=C(O)[C@@H]1C[C@@H](O)CN1C(=O)c1cnc[nH]1. The lowest BCUT2D eigenvalue weighted by atomic mass is 10.2. The van der Waals surface area contributed by atoms with Crippen LogP contribution in [0, 0.1) is 0 Å². The number of carboxylic acid groups (broad SMARTS) is 1. The first-order chi connectivity index (χ1) is 7.59. The molecular weight excluding hydrogens is 214 g/mol. The van der Waals surface area contributed by atoms with E-state index >= 15 is 0 Å². The number of carboxylic acids is 1. The van der Waals surface area contributed by atoms with Gasteiger partial charge in [-0.15, -0.1) is 0 Å². The number of rotatable bonds is 2. The first-order valence-corrected chi connectivity index (χ1v) is 4.80. The molecule has 2 heterocycles. The first kappa shape index (κ1) is 10.6. The van der Waals surface area contributed by atoms with E-state index in [4.69, 9.17) is 5.11 Å². The van der Waals surface area contributed by atoms with Gasteiger partial charge in [-0.25, -0.2) is 9.78 Å². The van der Waals surface area contributed by atoms with E-state index in [1.807, 2.05) is 0 Å². The van der Waals surface area contributed by atoms with E-state index in [0.29, 0.717) is 0 Å². The Hall–Kier alpha value is -1.89. The molecule has 0 saturated carbocycles. The van der Waals surface area contributed by atoms with Gasteiger partial charge in [0.2, 0.25) is 0 Å². The van der Waals surface area contributed by atoms with E-state index in [1.54, 1.807) is 0 Å². The number of hydrogen-bond acceptors (Lipinski definition) is 4.